The van der Waals surface area contributed by atoms with Crippen LogP contribution in [0.15, 0.2) is 24.4 Å². The summed E-state index contributed by atoms with van der Waals surface area (Å²) in [6, 6.07) is 3.16. The summed E-state index contributed by atoms with van der Waals surface area (Å²) < 4.78 is 40.7. The third kappa shape index (κ3) is 2.96. The number of nitrogens with two attached hydrogens (primary N) is 1. The number of aryl methyl sites for hydroxylation is 2. The molecule has 0 aliphatic heterocycles. The zero-order valence-corrected chi connectivity index (χ0v) is 10.4. The van der Waals surface area contributed by atoms with Crippen molar-refractivity contribution in [3.63, 3.8) is 0 Å². The fraction of sp³-hybridized carbons (Fsp3) is 0.308. The molecule has 1 aromatic heterocycles. The Labute approximate surface area is 108 Å². The predicted octanol–water partition coefficient (Wildman–Crippen LogP) is 2.47. The van der Waals surface area contributed by atoms with Crippen molar-refractivity contribution in [1.29, 1.82) is 0 Å². The van der Waals surface area contributed by atoms with E-state index in [1.54, 1.807) is 17.9 Å². The minimum absolute atomic E-state index is 0.249. The van der Waals surface area contributed by atoms with Gasteiger partial charge in [-0.15, -0.1) is 0 Å². The second kappa shape index (κ2) is 5.44. The van der Waals surface area contributed by atoms with E-state index in [1.165, 1.54) is 0 Å². The van der Waals surface area contributed by atoms with E-state index in [0.717, 1.165) is 17.8 Å². The summed E-state index contributed by atoms with van der Waals surface area (Å²) in [5.41, 5.74) is 7.08. The molecule has 1 aromatic carbocycles. The summed E-state index contributed by atoms with van der Waals surface area (Å²) >= 11 is 0. The van der Waals surface area contributed by atoms with Gasteiger partial charge in [-0.05, 0) is 36.6 Å². The number of nitrogens with zero attached hydrogens (tertiary/aromatic N) is 2. The van der Waals surface area contributed by atoms with Crippen LogP contribution in [-0.2, 0) is 13.5 Å². The highest BCUT2D eigenvalue weighted by Crippen LogP contribution is 2.21. The second-order valence-corrected chi connectivity index (χ2v) is 4.39. The second-order valence-electron chi connectivity index (χ2n) is 4.39. The Morgan fingerprint density at radius 3 is 2.42 bits per heavy atom. The molecule has 3 nitrogen and oxygen atoms in total. The molecule has 1 atom stereocenters. The normalized spacial score (nSPS) is 12.7. The van der Waals surface area contributed by atoms with Crippen LogP contribution in [0.5, 0.6) is 0 Å². The molecule has 0 aliphatic rings. The van der Waals surface area contributed by atoms with Crippen LogP contribution in [0, 0.1) is 17.5 Å². The number of halogens is 3. The monoisotopic (exact) mass is 269 g/mol. The van der Waals surface area contributed by atoms with Crippen LogP contribution in [0.1, 0.15) is 23.7 Å². The molecule has 0 saturated heterocycles. The lowest BCUT2D eigenvalue weighted by Crippen LogP contribution is -2.13. The highest BCUT2D eigenvalue weighted by Gasteiger charge is 2.15. The van der Waals surface area contributed by atoms with Crippen LogP contribution < -0.4 is 5.73 Å². The van der Waals surface area contributed by atoms with Crippen molar-refractivity contribution in [2.24, 2.45) is 12.8 Å². The molecule has 1 unspecified atom stereocenters. The molecule has 0 bridgehead atoms. The Bertz CT molecular complexity index is 557. The molecule has 2 rings (SSSR count). The summed E-state index contributed by atoms with van der Waals surface area (Å²) in [6.07, 6.45) is 2.78. The Morgan fingerprint density at radius 1 is 1.26 bits per heavy atom. The van der Waals surface area contributed by atoms with Gasteiger partial charge in [-0.2, -0.15) is 5.10 Å². The van der Waals surface area contributed by atoms with Gasteiger partial charge in [0.05, 0.1) is 0 Å². The zero-order chi connectivity index (χ0) is 14.0. The first-order chi connectivity index (χ1) is 8.99. The lowest BCUT2D eigenvalue weighted by molar-refractivity contribution is 0.442. The number of rotatable bonds is 4. The van der Waals surface area contributed by atoms with Crippen LogP contribution in [0.2, 0.25) is 0 Å². The van der Waals surface area contributed by atoms with Crippen molar-refractivity contribution >= 4 is 0 Å². The van der Waals surface area contributed by atoms with E-state index >= 15 is 0 Å². The van der Waals surface area contributed by atoms with Gasteiger partial charge >= 0.3 is 0 Å². The van der Waals surface area contributed by atoms with E-state index in [4.69, 9.17) is 5.73 Å². The zero-order valence-electron chi connectivity index (χ0n) is 10.4. The molecule has 0 aliphatic carbocycles. The van der Waals surface area contributed by atoms with Gasteiger partial charge < -0.3 is 5.73 Å². The smallest absolute Gasteiger partial charge is 0.194 e. The minimum Gasteiger partial charge on any atom is -0.324 e. The fourth-order valence-electron chi connectivity index (χ4n) is 1.91. The molecule has 6 heteroatoms. The van der Waals surface area contributed by atoms with Crippen molar-refractivity contribution < 1.29 is 13.2 Å². The first-order valence-corrected chi connectivity index (χ1v) is 5.86. The van der Waals surface area contributed by atoms with Gasteiger partial charge in [0, 0.05) is 25.0 Å². The summed E-state index contributed by atoms with van der Waals surface area (Å²) in [5.74, 6) is -3.90. The molecule has 1 heterocycles. The first kappa shape index (κ1) is 13.6. The third-order valence-corrected chi connectivity index (χ3v) is 3.07. The number of benzene rings is 1. The maximum Gasteiger partial charge on any atom is 0.194 e. The number of hydrogen-bond acceptors (Lipinski definition) is 2. The molecule has 0 radical (unpaired) electrons. The third-order valence-electron chi connectivity index (χ3n) is 3.07. The average molecular weight is 269 g/mol. The highest BCUT2D eigenvalue weighted by atomic mass is 19.2. The van der Waals surface area contributed by atoms with Gasteiger partial charge in [-0.3, -0.25) is 4.68 Å². The van der Waals surface area contributed by atoms with E-state index in [2.05, 4.69) is 5.10 Å². The van der Waals surface area contributed by atoms with Gasteiger partial charge in [-0.25, -0.2) is 13.2 Å². The van der Waals surface area contributed by atoms with E-state index in [-0.39, 0.29) is 5.56 Å². The molecule has 0 saturated carbocycles. The highest BCUT2D eigenvalue weighted by molar-refractivity contribution is 5.22. The van der Waals surface area contributed by atoms with Gasteiger partial charge in [0.15, 0.2) is 17.5 Å². The summed E-state index contributed by atoms with van der Waals surface area (Å²) in [5, 5.41) is 4.01. The molecule has 0 fully saturated rings. The number of aromatic nitrogens is 2. The van der Waals surface area contributed by atoms with Gasteiger partial charge in [0.1, 0.15) is 0 Å². The lowest BCUT2D eigenvalue weighted by Gasteiger charge is -2.12. The van der Waals surface area contributed by atoms with E-state index in [1.807, 2.05) is 6.07 Å². The van der Waals surface area contributed by atoms with Crippen molar-refractivity contribution in [3.05, 3.63) is 53.1 Å². The molecule has 2 N–H and O–H groups in total. The summed E-state index contributed by atoms with van der Waals surface area (Å²) in [7, 11) is 1.80. The van der Waals surface area contributed by atoms with E-state index in [0.29, 0.717) is 12.8 Å². The Morgan fingerprint density at radius 2 is 1.89 bits per heavy atom. The van der Waals surface area contributed by atoms with Crippen LogP contribution in [0.3, 0.4) is 0 Å². The topological polar surface area (TPSA) is 43.8 Å². The van der Waals surface area contributed by atoms with Crippen LogP contribution in [-0.4, -0.2) is 9.78 Å². The van der Waals surface area contributed by atoms with Gasteiger partial charge in [-0.1, -0.05) is 0 Å². The van der Waals surface area contributed by atoms with Crippen molar-refractivity contribution in [2.75, 3.05) is 0 Å². The molecule has 0 amide bonds. The predicted molar refractivity (Wildman–Crippen MR) is 64.8 cm³/mol. The quantitative estimate of drug-likeness (QED) is 0.866. The molecular formula is C13H14F3N3. The molecule has 0 spiro atoms. The summed E-state index contributed by atoms with van der Waals surface area (Å²) in [4.78, 5) is 0. The first-order valence-electron chi connectivity index (χ1n) is 5.86. The number of hydrogen-bond donors (Lipinski definition) is 1. The molecular weight excluding hydrogens is 255 g/mol. The van der Waals surface area contributed by atoms with Crippen LogP contribution in [0.25, 0.3) is 0 Å². The van der Waals surface area contributed by atoms with Crippen LogP contribution >= 0.6 is 0 Å². The van der Waals surface area contributed by atoms with E-state index < -0.39 is 23.5 Å². The van der Waals surface area contributed by atoms with Crippen LogP contribution in [0.4, 0.5) is 13.2 Å². The lowest BCUT2D eigenvalue weighted by atomic mass is 10.0. The standard InChI is InChI=1S/C13H14F3N3/c1-19-9(4-5-18-19)2-3-12(17)8-6-10(14)13(16)11(15)7-8/h4-7,12H,2-3,17H2,1H3. The molecule has 19 heavy (non-hydrogen) atoms. The molecule has 102 valence electrons. The van der Waals surface area contributed by atoms with Crippen molar-refractivity contribution in [3.8, 4) is 0 Å². The molecule has 2 aromatic rings. The largest absolute Gasteiger partial charge is 0.324 e. The average Bonchev–Trinajstić information content (AvgIpc) is 2.78. The fourth-order valence-corrected chi connectivity index (χ4v) is 1.91. The van der Waals surface area contributed by atoms with E-state index in [9.17, 15) is 13.2 Å². The van der Waals surface area contributed by atoms with Gasteiger partial charge in [0.25, 0.3) is 0 Å². The summed E-state index contributed by atoms with van der Waals surface area (Å²) in [6.45, 7) is 0. The maximum absolute atomic E-state index is 13.1. The van der Waals surface area contributed by atoms with Crippen molar-refractivity contribution in [2.45, 2.75) is 18.9 Å². The van der Waals surface area contributed by atoms with Gasteiger partial charge in [0.2, 0.25) is 0 Å². The minimum atomic E-state index is -1.47. The maximum atomic E-state index is 13.1. The SMILES string of the molecule is Cn1nccc1CCC(N)c1cc(F)c(F)c(F)c1. The Balaban J connectivity index is 2.08. The van der Waals surface area contributed by atoms with Crippen molar-refractivity contribution in [1.82, 2.24) is 9.78 Å². The Kier molecular flexibility index (Phi) is 3.90. The Hall–Kier alpha value is -1.82.